The number of pyridine rings is 1. The normalized spacial score (nSPS) is 20.3. The number of aromatic nitrogens is 2. The minimum Gasteiger partial charge on any atom is -0.353 e. The first kappa shape index (κ1) is 22.2. The van der Waals surface area contributed by atoms with E-state index in [1.54, 1.807) is 11.1 Å². The lowest BCUT2D eigenvalue weighted by molar-refractivity contribution is -0.131. The molecule has 2 saturated heterocycles. The molecule has 172 valence electrons. The van der Waals surface area contributed by atoms with Gasteiger partial charge < -0.3 is 30.8 Å². The minimum absolute atomic E-state index is 0.0833. The summed E-state index contributed by atoms with van der Waals surface area (Å²) in [6.45, 7) is 6.42. The molecule has 10 heteroatoms. The highest BCUT2D eigenvalue weighted by atomic mass is 19.1. The quantitative estimate of drug-likeness (QED) is 0.362. The van der Waals surface area contributed by atoms with Gasteiger partial charge >= 0.3 is 0 Å². The van der Waals surface area contributed by atoms with Gasteiger partial charge in [0, 0.05) is 38.9 Å². The van der Waals surface area contributed by atoms with E-state index in [1.807, 2.05) is 54.7 Å². The number of rotatable bonds is 8. The average Bonchev–Trinajstić information content (AvgIpc) is 3.41. The van der Waals surface area contributed by atoms with Crippen molar-refractivity contribution in [3.63, 3.8) is 0 Å². The summed E-state index contributed by atoms with van der Waals surface area (Å²) in [5.74, 6) is -0.755. The minimum atomic E-state index is -0.646. The third-order valence-electron chi connectivity index (χ3n) is 6.28. The standard InChI is InChI=1S/C22H31FN8O/c1-22(2,18-12-26-19-6-4-5-9-31(18)19)27-21(32)15-13-30(14-15)20(17(23)10-24)28-29(3)16-7-8-25-11-16/h4-6,9-10,12,15-16,24-25,28H,7-8,11,13-14H2,1-3H3,(H,27,32)/b20-17-,24-10?. The number of likely N-dealkylation sites (N-methyl/N-ethyl adjacent to an activating group) is 1. The van der Waals surface area contributed by atoms with Crippen LogP contribution in [0.5, 0.6) is 0 Å². The SMILES string of the molecule is CN(N/C(=C(/F)C=N)N1CC(C(=O)NC(C)(C)c2cnc3ccccn23)C1)C1CCNC1. The van der Waals surface area contributed by atoms with E-state index >= 15 is 0 Å². The van der Waals surface area contributed by atoms with Crippen molar-refractivity contribution >= 4 is 17.8 Å². The number of hydrazine groups is 1. The van der Waals surface area contributed by atoms with Crippen molar-refractivity contribution in [3.8, 4) is 0 Å². The lowest BCUT2D eigenvalue weighted by atomic mass is 9.95. The molecule has 9 nitrogen and oxygen atoms in total. The van der Waals surface area contributed by atoms with E-state index in [-0.39, 0.29) is 23.7 Å². The van der Waals surface area contributed by atoms with Gasteiger partial charge in [0.2, 0.25) is 5.91 Å². The van der Waals surface area contributed by atoms with Gasteiger partial charge in [-0.3, -0.25) is 4.79 Å². The van der Waals surface area contributed by atoms with Crippen LogP contribution >= 0.6 is 0 Å². The van der Waals surface area contributed by atoms with Crippen molar-refractivity contribution in [2.45, 2.75) is 31.8 Å². The van der Waals surface area contributed by atoms with Crippen LogP contribution < -0.4 is 16.1 Å². The Balaban J connectivity index is 1.39. The number of likely N-dealkylation sites (tertiary alicyclic amines) is 1. The Bertz CT molecular complexity index is 1020. The molecule has 1 atom stereocenters. The third-order valence-corrected chi connectivity index (χ3v) is 6.28. The molecule has 2 fully saturated rings. The number of imidazole rings is 1. The zero-order valence-corrected chi connectivity index (χ0v) is 18.7. The maximum atomic E-state index is 14.4. The summed E-state index contributed by atoms with van der Waals surface area (Å²) in [6.07, 6.45) is 5.37. The molecule has 2 aromatic heterocycles. The molecular formula is C22H31FN8O. The molecule has 4 rings (SSSR count). The zero-order chi connectivity index (χ0) is 22.9. The fourth-order valence-corrected chi connectivity index (χ4v) is 4.27. The first-order valence-electron chi connectivity index (χ1n) is 10.9. The highest BCUT2D eigenvalue weighted by Crippen LogP contribution is 2.26. The summed E-state index contributed by atoms with van der Waals surface area (Å²) < 4.78 is 16.4. The second-order valence-corrected chi connectivity index (χ2v) is 9.00. The van der Waals surface area contributed by atoms with Crippen LogP contribution in [0, 0.1) is 11.3 Å². The van der Waals surface area contributed by atoms with Crippen LogP contribution in [0.15, 0.2) is 42.2 Å². The fourth-order valence-electron chi connectivity index (χ4n) is 4.27. The van der Waals surface area contributed by atoms with Crippen molar-refractivity contribution in [2.24, 2.45) is 5.92 Å². The molecule has 32 heavy (non-hydrogen) atoms. The zero-order valence-electron chi connectivity index (χ0n) is 18.7. The van der Waals surface area contributed by atoms with E-state index in [1.165, 1.54) is 0 Å². The van der Waals surface area contributed by atoms with Gasteiger partial charge in [-0.25, -0.2) is 14.4 Å². The molecule has 2 aliphatic heterocycles. The van der Waals surface area contributed by atoms with E-state index in [2.05, 4.69) is 21.0 Å². The Morgan fingerprint density at radius 3 is 2.88 bits per heavy atom. The van der Waals surface area contributed by atoms with Crippen LogP contribution in [-0.2, 0) is 10.3 Å². The van der Waals surface area contributed by atoms with Crippen LogP contribution in [-0.4, -0.2) is 70.7 Å². The highest BCUT2D eigenvalue weighted by molar-refractivity contribution is 5.81. The van der Waals surface area contributed by atoms with Crippen molar-refractivity contribution in [3.05, 3.63) is 47.9 Å². The van der Waals surface area contributed by atoms with E-state index in [4.69, 9.17) is 5.41 Å². The highest BCUT2D eigenvalue weighted by Gasteiger charge is 2.38. The van der Waals surface area contributed by atoms with Crippen molar-refractivity contribution in [1.82, 2.24) is 35.4 Å². The number of amides is 1. The summed E-state index contributed by atoms with van der Waals surface area (Å²) in [4.78, 5) is 19.1. The molecule has 0 aromatic carbocycles. The van der Waals surface area contributed by atoms with Gasteiger partial charge in [-0.15, -0.1) is 0 Å². The molecule has 0 saturated carbocycles. The van der Waals surface area contributed by atoms with Gasteiger partial charge in [-0.05, 0) is 38.9 Å². The fraction of sp³-hybridized carbons (Fsp3) is 0.500. The van der Waals surface area contributed by atoms with Crippen molar-refractivity contribution in [1.29, 1.82) is 5.41 Å². The predicted octanol–water partition coefficient (Wildman–Crippen LogP) is 1.20. The summed E-state index contributed by atoms with van der Waals surface area (Å²) in [7, 11) is 1.87. The van der Waals surface area contributed by atoms with E-state index in [9.17, 15) is 9.18 Å². The maximum absolute atomic E-state index is 14.4. The Morgan fingerprint density at radius 1 is 1.41 bits per heavy atom. The predicted molar refractivity (Wildman–Crippen MR) is 121 cm³/mol. The van der Waals surface area contributed by atoms with Crippen LogP contribution in [0.2, 0.25) is 0 Å². The Labute approximate surface area is 187 Å². The van der Waals surface area contributed by atoms with Gasteiger partial charge in [0.25, 0.3) is 0 Å². The summed E-state index contributed by atoms with van der Waals surface area (Å²) in [6, 6.07) is 6.02. The lowest BCUT2D eigenvalue weighted by Gasteiger charge is -2.43. The average molecular weight is 443 g/mol. The summed E-state index contributed by atoms with van der Waals surface area (Å²) in [5.41, 5.74) is 4.18. The molecule has 4 N–H and O–H groups in total. The largest absolute Gasteiger partial charge is 0.353 e. The van der Waals surface area contributed by atoms with Crippen LogP contribution in [0.3, 0.4) is 0 Å². The number of carbonyl (C=O) groups is 1. The number of allylic oxidation sites excluding steroid dienone is 1. The van der Waals surface area contributed by atoms with Gasteiger partial charge in [0.1, 0.15) is 5.65 Å². The number of hydrogen-bond acceptors (Lipinski definition) is 7. The molecule has 2 aliphatic rings. The van der Waals surface area contributed by atoms with Gasteiger partial charge in [-0.2, -0.15) is 0 Å². The molecule has 0 spiro atoms. The molecule has 1 unspecified atom stereocenters. The molecule has 1 amide bonds. The topological polar surface area (TPSA) is 101 Å². The molecule has 0 aliphatic carbocycles. The first-order valence-corrected chi connectivity index (χ1v) is 10.9. The number of nitrogens with zero attached hydrogens (tertiary/aromatic N) is 4. The molecule has 0 radical (unpaired) electrons. The number of fused-ring (bicyclic) bond motifs is 1. The molecule has 0 bridgehead atoms. The van der Waals surface area contributed by atoms with Crippen LogP contribution in [0.25, 0.3) is 5.65 Å². The van der Waals surface area contributed by atoms with Crippen LogP contribution in [0.1, 0.15) is 26.0 Å². The van der Waals surface area contributed by atoms with Gasteiger partial charge in [0.15, 0.2) is 11.6 Å². The van der Waals surface area contributed by atoms with Crippen molar-refractivity contribution < 1.29 is 9.18 Å². The molecule has 2 aromatic rings. The second kappa shape index (κ2) is 8.87. The molecular weight excluding hydrogens is 411 g/mol. The Hall–Kier alpha value is -2.98. The number of halogens is 1. The summed E-state index contributed by atoms with van der Waals surface area (Å²) in [5, 5.41) is 15.6. The monoisotopic (exact) mass is 442 g/mol. The number of nitrogens with one attached hydrogen (secondary N) is 4. The molecule has 4 heterocycles. The van der Waals surface area contributed by atoms with E-state index in [0.717, 1.165) is 30.9 Å². The Kier molecular flexibility index (Phi) is 6.16. The summed E-state index contributed by atoms with van der Waals surface area (Å²) >= 11 is 0. The van der Waals surface area contributed by atoms with E-state index in [0.29, 0.717) is 19.3 Å². The number of carbonyl (C=O) groups excluding carboxylic acids is 1. The van der Waals surface area contributed by atoms with Gasteiger partial charge in [-0.1, -0.05) is 6.07 Å². The lowest BCUT2D eigenvalue weighted by Crippen LogP contribution is -2.59. The first-order chi connectivity index (χ1) is 15.3. The Morgan fingerprint density at radius 2 is 2.19 bits per heavy atom. The maximum Gasteiger partial charge on any atom is 0.227 e. The van der Waals surface area contributed by atoms with Gasteiger partial charge in [0.05, 0.1) is 29.6 Å². The number of hydrogen-bond donors (Lipinski definition) is 4. The smallest absolute Gasteiger partial charge is 0.227 e. The third kappa shape index (κ3) is 4.33. The van der Waals surface area contributed by atoms with E-state index < -0.39 is 11.4 Å². The van der Waals surface area contributed by atoms with Crippen LogP contribution in [0.4, 0.5) is 4.39 Å². The van der Waals surface area contributed by atoms with Crippen molar-refractivity contribution in [2.75, 3.05) is 33.2 Å². The second-order valence-electron chi connectivity index (χ2n) is 9.00.